The summed E-state index contributed by atoms with van der Waals surface area (Å²) in [6.45, 7) is 0. The summed E-state index contributed by atoms with van der Waals surface area (Å²) >= 11 is 6.78. The number of pyridine rings is 1. The van der Waals surface area contributed by atoms with Gasteiger partial charge in [-0.05, 0) is 18.2 Å². The highest BCUT2D eigenvalue weighted by Gasteiger charge is 2.47. The van der Waals surface area contributed by atoms with Gasteiger partial charge in [-0.3, -0.25) is 4.31 Å². The Balaban J connectivity index is 2.19. The van der Waals surface area contributed by atoms with Crippen molar-refractivity contribution in [2.75, 3.05) is 19.5 Å². The Morgan fingerprint density at radius 3 is 2.76 bits per heavy atom. The van der Waals surface area contributed by atoms with Crippen molar-refractivity contribution in [2.45, 2.75) is 10.8 Å². The van der Waals surface area contributed by atoms with Crippen molar-refractivity contribution >= 4 is 44.5 Å². The van der Waals surface area contributed by atoms with Gasteiger partial charge in [-0.15, -0.1) is 11.3 Å². The van der Waals surface area contributed by atoms with E-state index >= 15 is 0 Å². The van der Waals surface area contributed by atoms with E-state index in [0.29, 0.717) is 0 Å². The van der Waals surface area contributed by atoms with Crippen molar-refractivity contribution in [2.24, 2.45) is 0 Å². The SMILES string of the molecule is COC(O)(Nc1ccccn1)C1=C(O)c2sc(Cl)cc2S(=O)(=O)N1C. The highest BCUT2D eigenvalue weighted by atomic mass is 35.5. The Morgan fingerprint density at radius 2 is 2.16 bits per heavy atom. The number of thiophene rings is 1. The molecule has 3 heterocycles. The highest BCUT2D eigenvalue weighted by Crippen LogP contribution is 2.44. The quantitative estimate of drug-likeness (QED) is 0.670. The van der Waals surface area contributed by atoms with E-state index in [4.69, 9.17) is 16.3 Å². The fourth-order valence-electron chi connectivity index (χ4n) is 2.42. The van der Waals surface area contributed by atoms with Crippen LogP contribution in [0.4, 0.5) is 5.82 Å². The molecule has 3 rings (SSSR count). The molecular formula is C14H14ClN3O5S2. The van der Waals surface area contributed by atoms with Crippen LogP contribution in [-0.4, -0.2) is 48.0 Å². The van der Waals surface area contributed by atoms with Gasteiger partial charge < -0.3 is 20.3 Å². The minimum Gasteiger partial charge on any atom is -0.504 e. The number of nitrogens with zero attached hydrogens (tertiary/aromatic N) is 2. The first-order valence-corrected chi connectivity index (χ1v) is 9.53. The number of aliphatic hydroxyl groups is 2. The van der Waals surface area contributed by atoms with Crippen molar-refractivity contribution in [3.8, 4) is 0 Å². The van der Waals surface area contributed by atoms with Gasteiger partial charge in [0, 0.05) is 20.4 Å². The molecule has 2 aromatic heterocycles. The van der Waals surface area contributed by atoms with Crippen LogP contribution in [0, 0.1) is 0 Å². The topological polar surface area (TPSA) is 112 Å². The molecule has 1 atom stereocenters. The lowest BCUT2D eigenvalue weighted by Crippen LogP contribution is -2.50. The second-order valence-corrected chi connectivity index (χ2v) is 8.72. The zero-order valence-corrected chi connectivity index (χ0v) is 15.5. The molecule has 134 valence electrons. The molecule has 0 aliphatic carbocycles. The van der Waals surface area contributed by atoms with Crippen LogP contribution in [0.25, 0.3) is 5.76 Å². The number of hydrogen-bond acceptors (Lipinski definition) is 8. The fourth-order valence-corrected chi connectivity index (χ4v) is 5.41. The number of methoxy groups -OCH3 is 1. The van der Waals surface area contributed by atoms with Crippen LogP contribution in [0.5, 0.6) is 0 Å². The fraction of sp³-hybridized carbons (Fsp3) is 0.214. The van der Waals surface area contributed by atoms with Crippen LogP contribution in [0.3, 0.4) is 0 Å². The van der Waals surface area contributed by atoms with E-state index in [1.165, 1.54) is 19.3 Å². The Labute approximate surface area is 153 Å². The molecule has 1 aliphatic rings. The van der Waals surface area contributed by atoms with Gasteiger partial charge in [-0.25, -0.2) is 13.4 Å². The lowest BCUT2D eigenvalue weighted by atomic mass is 10.2. The third kappa shape index (κ3) is 2.85. The smallest absolute Gasteiger partial charge is 0.296 e. The molecule has 3 N–H and O–H groups in total. The van der Waals surface area contributed by atoms with Crippen molar-refractivity contribution in [3.63, 3.8) is 0 Å². The van der Waals surface area contributed by atoms with Crippen LogP contribution < -0.4 is 5.32 Å². The molecule has 0 radical (unpaired) electrons. The van der Waals surface area contributed by atoms with E-state index < -0.39 is 27.4 Å². The number of likely N-dealkylation sites (N-methyl/N-ethyl adjacent to an activating group) is 1. The molecule has 0 aromatic carbocycles. The first-order chi connectivity index (χ1) is 11.7. The summed E-state index contributed by atoms with van der Waals surface area (Å²) in [6.07, 6.45) is 1.48. The molecule has 25 heavy (non-hydrogen) atoms. The second-order valence-electron chi connectivity index (χ2n) is 5.10. The standard InChI is InChI=1S/C14H14ClN3O5S2/c1-18-13(14(20,23-2)17-10-5-3-4-6-16-10)11(19)12-8(25(18,21)22)7-9(15)24-12/h3-7,19-20H,1-2H3,(H,16,17). The normalized spacial score (nSPS) is 18.6. The maximum Gasteiger partial charge on any atom is 0.296 e. The third-order valence-corrected chi connectivity index (χ3v) is 6.82. The van der Waals surface area contributed by atoms with E-state index in [1.807, 2.05) is 0 Å². The molecule has 0 amide bonds. The molecule has 1 aliphatic heterocycles. The Kier molecular flexibility index (Phi) is 4.41. The number of aromatic nitrogens is 1. The summed E-state index contributed by atoms with van der Waals surface area (Å²) in [5, 5.41) is 24.1. The summed E-state index contributed by atoms with van der Waals surface area (Å²) in [5.41, 5.74) is -0.397. The summed E-state index contributed by atoms with van der Waals surface area (Å²) in [6, 6.07) is 6.13. The number of halogens is 1. The number of ether oxygens (including phenoxy) is 1. The second kappa shape index (κ2) is 6.15. The lowest BCUT2D eigenvalue weighted by molar-refractivity contribution is -0.141. The Morgan fingerprint density at radius 1 is 1.44 bits per heavy atom. The molecule has 0 fully saturated rings. The number of aliphatic hydroxyl groups excluding tert-OH is 1. The van der Waals surface area contributed by atoms with Crippen LogP contribution in [0.1, 0.15) is 4.88 Å². The average molecular weight is 404 g/mol. The number of hydrogen-bond donors (Lipinski definition) is 3. The van der Waals surface area contributed by atoms with E-state index in [2.05, 4.69) is 10.3 Å². The maximum atomic E-state index is 12.7. The summed E-state index contributed by atoms with van der Waals surface area (Å²) < 4.78 is 31.4. The number of anilines is 1. The molecule has 11 heteroatoms. The van der Waals surface area contributed by atoms with Crippen molar-refractivity contribution in [1.82, 2.24) is 9.29 Å². The number of fused-ring (bicyclic) bond motifs is 1. The number of rotatable bonds is 4. The Bertz CT molecular complexity index is 945. The van der Waals surface area contributed by atoms with E-state index in [0.717, 1.165) is 22.8 Å². The molecule has 0 saturated carbocycles. The van der Waals surface area contributed by atoms with E-state index in [1.54, 1.807) is 18.2 Å². The van der Waals surface area contributed by atoms with Gasteiger partial charge in [-0.1, -0.05) is 17.7 Å². The van der Waals surface area contributed by atoms with Gasteiger partial charge in [0.25, 0.3) is 15.9 Å². The zero-order chi connectivity index (χ0) is 18.4. The van der Waals surface area contributed by atoms with Crippen molar-refractivity contribution < 1.29 is 23.4 Å². The molecule has 0 saturated heterocycles. The predicted octanol–water partition coefficient (Wildman–Crippen LogP) is 2.06. The number of sulfonamides is 1. The van der Waals surface area contributed by atoms with Gasteiger partial charge in [0.2, 0.25) is 0 Å². The van der Waals surface area contributed by atoms with Gasteiger partial charge in [-0.2, -0.15) is 0 Å². The molecule has 8 nitrogen and oxygen atoms in total. The van der Waals surface area contributed by atoms with Crippen LogP contribution >= 0.6 is 22.9 Å². The van der Waals surface area contributed by atoms with Gasteiger partial charge >= 0.3 is 0 Å². The maximum absolute atomic E-state index is 12.7. The van der Waals surface area contributed by atoms with Crippen molar-refractivity contribution in [3.05, 3.63) is 45.4 Å². The zero-order valence-electron chi connectivity index (χ0n) is 13.1. The molecule has 0 bridgehead atoms. The summed E-state index contributed by atoms with van der Waals surface area (Å²) in [4.78, 5) is 3.89. The lowest BCUT2D eigenvalue weighted by Gasteiger charge is -2.37. The van der Waals surface area contributed by atoms with Gasteiger partial charge in [0.05, 0.1) is 9.21 Å². The van der Waals surface area contributed by atoms with E-state index in [9.17, 15) is 18.6 Å². The van der Waals surface area contributed by atoms with Crippen LogP contribution in [0.2, 0.25) is 4.34 Å². The summed E-state index contributed by atoms with van der Waals surface area (Å²) in [7, 11) is -1.67. The molecule has 1 unspecified atom stereocenters. The monoisotopic (exact) mass is 403 g/mol. The highest BCUT2D eigenvalue weighted by molar-refractivity contribution is 7.89. The van der Waals surface area contributed by atoms with E-state index in [-0.39, 0.29) is 19.9 Å². The van der Waals surface area contributed by atoms with Gasteiger partial charge in [0.15, 0.2) is 11.5 Å². The average Bonchev–Trinajstić information content (AvgIpc) is 2.98. The molecule has 2 aromatic rings. The minimum atomic E-state index is -4.03. The minimum absolute atomic E-state index is 0.0244. The first-order valence-electron chi connectivity index (χ1n) is 6.90. The van der Waals surface area contributed by atoms with Crippen LogP contribution in [0.15, 0.2) is 41.1 Å². The van der Waals surface area contributed by atoms with Gasteiger partial charge in [0.1, 0.15) is 10.7 Å². The van der Waals surface area contributed by atoms with Crippen LogP contribution in [-0.2, 0) is 14.8 Å². The van der Waals surface area contributed by atoms with Crippen molar-refractivity contribution in [1.29, 1.82) is 0 Å². The summed E-state index contributed by atoms with van der Waals surface area (Å²) in [5.74, 6) is -2.60. The first kappa shape index (κ1) is 18.0. The number of nitrogens with one attached hydrogen (secondary N) is 1. The predicted molar refractivity (Wildman–Crippen MR) is 93.6 cm³/mol. The molecule has 0 spiro atoms. The largest absolute Gasteiger partial charge is 0.504 e. The molecular weight excluding hydrogens is 390 g/mol. The third-order valence-electron chi connectivity index (χ3n) is 3.64. The Hall–Kier alpha value is -1.85.